The first kappa shape index (κ1) is 15.3. The van der Waals surface area contributed by atoms with Crippen molar-refractivity contribution in [3.05, 3.63) is 58.7 Å². The Bertz CT molecular complexity index is 650. The minimum Gasteiger partial charge on any atom is -0.385 e. The molecule has 1 heterocycles. The highest BCUT2D eigenvalue weighted by atomic mass is 35.5. The van der Waals surface area contributed by atoms with E-state index in [0.29, 0.717) is 23.8 Å². The molecule has 0 aliphatic rings. The molecule has 0 amide bonds. The number of hydrogen-bond donors (Lipinski definition) is 2. The first-order valence-corrected chi connectivity index (χ1v) is 6.99. The second kappa shape index (κ2) is 6.57. The van der Waals surface area contributed by atoms with Gasteiger partial charge in [-0.15, -0.1) is 0 Å². The summed E-state index contributed by atoms with van der Waals surface area (Å²) in [5.74, 6) is 0.569. The van der Waals surface area contributed by atoms with Gasteiger partial charge in [-0.05, 0) is 31.0 Å². The molecule has 0 spiro atoms. The van der Waals surface area contributed by atoms with Crippen LogP contribution in [0.3, 0.4) is 0 Å². The Morgan fingerprint density at radius 1 is 1.29 bits per heavy atom. The molecule has 1 atom stereocenters. The van der Waals surface area contributed by atoms with Crippen molar-refractivity contribution in [1.82, 2.24) is 4.98 Å². The van der Waals surface area contributed by atoms with Crippen LogP contribution >= 0.6 is 11.6 Å². The number of benzene rings is 1. The van der Waals surface area contributed by atoms with E-state index in [4.69, 9.17) is 16.9 Å². The SMILES string of the molecule is CC(O)(CCNc1ccc(Cl)c(C#N)n1)c1ccccc1. The molecule has 4 nitrogen and oxygen atoms in total. The van der Waals surface area contributed by atoms with E-state index in [1.165, 1.54) is 0 Å². The van der Waals surface area contributed by atoms with Crippen LogP contribution in [-0.2, 0) is 5.60 Å². The summed E-state index contributed by atoms with van der Waals surface area (Å²) in [4.78, 5) is 4.10. The largest absolute Gasteiger partial charge is 0.385 e. The summed E-state index contributed by atoms with van der Waals surface area (Å²) < 4.78 is 0. The molecule has 0 saturated carbocycles. The van der Waals surface area contributed by atoms with Crippen LogP contribution in [0.2, 0.25) is 5.02 Å². The zero-order chi connectivity index (χ0) is 15.3. The van der Waals surface area contributed by atoms with Gasteiger partial charge in [0.1, 0.15) is 11.9 Å². The molecule has 0 aliphatic carbocycles. The van der Waals surface area contributed by atoms with Crippen molar-refractivity contribution in [2.24, 2.45) is 0 Å². The molecular formula is C16H16ClN3O. The third kappa shape index (κ3) is 3.94. The Hall–Kier alpha value is -2.09. The van der Waals surface area contributed by atoms with Crippen molar-refractivity contribution in [1.29, 1.82) is 5.26 Å². The Kier molecular flexibility index (Phi) is 4.79. The lowest BCUT2D eigenvalue weighted by molar-refractivity contribution is 0.0515. The van der Waals surface area contributed by atoms with Crippen molar-refractivity contribution < 1.29 is 5.11 Å². The molecule has 2 N–H and O–H groups in total. The molecule has 2 rings (SSSR count). The first-order chi connectivity index (χ1) is 10.0. The van der Waals surface area contributed by atoms with Gasteiger partial charge in [0.25, 0.3) is 0 Å². The number of aliphatic hydroxyl groups is 1. The number of halogens is 1. The fourth-order valence-corrected chi connectivity index (χ4v) is 2.14. The molecule has 0 saturated heterocycles. The molecule has 0 radical (unpaired) electrons. The average molecular weight is 302 g/mol. The topological polar surface area (TPSA) is 68.9 Å². The highest BCUT2D eigenvalue weighted by molar-refractivity contribution is 6.31. The fourth-order valence-electron chi connectivity index (χ4n) is 1.99. The Balaban J connectivity index is 1.97. The van der Waals surface area contributed by atoms with Gasteiger partial charge in [0, 0.05) is 6.54 Å². The van der Waals surface area contributed by atoms with Crippen LogP contribution in [0.4, 0.5) is 5.82 Å². The van der Waals surface area contributed by atoms with E-state index < -0.39 is 5.60 Å². The number of nitriles is 1. The third-order valence-electron chi connectivity index (χ3n) is 3.27. The van der Waals surface area contributed by atoms with Gasteiger partial charge < -0.3 is 10.4 Å². The maximum Gasteiger partial charge on any atom is 0.161 e. The lowest BCUT2D eigenvalue weighted by Crippen LogP contribution is -2.24. The van der Waals surface area contributed by atoms with Crippen molar-refractivity contribution >= 4 is 17.4 Å². The molecule has 0 aliphatic heterocycles. The van der Waals surface area contributed by atoms with Crippen LogP contribution in [0, 0.1) is 11.3 Å². The standard InChI is InChI=1S/C16H16ClN3O/c1-16(21,12-5-3-2-4-6-12)9-10-19-15-8-7-13(17)14(11-18)20-15/h2-8,21H,9-10H2,1H3,(H,19,20). The summed E-state index contributed by atoms with van der Waals surface area (Å²) in [6, 6.07) is 14.8. The van der Waals surface area contributed by atoms with Gasteiger partial charge in [-0.3, -0.25) is 0 Å². The summed E-state index contributed by atoms with van der Waals surface area (Å²) in [5.41, 5.74) is 0.142. The van der Waals surface area contributed by atoms with Crippen LogP contribution in [0.25, 0.3) is 0 Å². The van der Waals surface area contributed by atoms with Crippen molar-refractivity contribution in [3.8, 4) is 6.07 Å². The van der Waals surface area contributed by atoms with E-state index in [1.54, 1.807) is 19.1 Å². The third-order valence-corrected chi connectivity index (χ3v) is 3.57. The number of nitrogens with zero attached hydrogens (tertiary/aromatic N) is 2. The summed E-state index contributed by atoms with van der Waals surface area (Å²) in [5, 5.41) is 22.8. The van der Waals surface area contributed by atoms with Crippen LogP contribution in [-0.4, -0.2) is 16.6 Å². The number of hydrogen-bond acceptors (Lipinski definition) is 4. The molecule has 1 unspecified atom stereocenters. The van der Waals surface area contributed by atoms with Gasteiger partial charge in [-0.1, -0.05) is 41.9 Å². The van der Waals surface area contributed by atoms with E-state index in [0.717, 1.165) is 5.56 Å². The summed E-state index contributed by atoms with van der Waals surface area (Å²) in [7, 11) is 0. The molecule has 2 aromatic rings. The molecule has 1 aromatic carbocycles. The van der Waals surface area contributed by atoms with Crippen LogP contribution in [0.5, 0.6) is 0 Å². The maximum atomic E-state index is 10.5. The summed E-state index contributed by atoms with van der Waals surface area (Å²) in [6.45, 7) is 2.31. The van der Waals surface area contributed by atoms with Gasteiger partial charge in [-0.2, -0.15) is 5.26 Å². The first-order valence-electron chi connectivity index (χ1n) is 6.61. The van der Waals surface area contributed by atoms with E-state index in [-0.39, 0.29) is 5.69 Å². The average Bonchev–Trinajstić information content (AvgIpc) is 2.49. The smallest absolute Gasteiger partial charge is 0.161 e. The molecule has 0 bridgehead atoms. The Labute approximate surface area is 129 Å². The molecule has 5 heteroatoms. The van der Waals surface area contributed by atoms with E-state index >= 15 is 0 Å². The zero-order valence-electron chi connectivity index (χ0n) is 11.7. The van der Waals surface area contributed by atoms with E-state index in [2.05, 4.69) is 10.3 Å². The normalized spacial score (nSPS) is 13.2. The minimum absolute atomic E-state index is 0.191. The number of anilines is 1. The minimum atomic E-state index is -0.918. The van der Waals surface area contributed by atoms with Gasteiger partial charge in [0.05, 0.1) is 10.6 Å². The number of rotatable bonds is 5. The van der Waals surface area contributed by atoms with Gasteiger partial charge in [0.15, 0.2) is 5.69 Å². The second-order valence-corrected chi connectivity index (χ2v) is 5.36. The number of nitrogens with one attached hydrogen (secondary N) is 1. The summed E-state index contributed by atoms with van der Waals surface area (Å²) in [6.07, 6.45) is 0.517. The zero-order valence-corrected chi connectivity index (χ0v) is 12.4. The molecule has 0 fully saturated rings. The van der Waals surface area contributed by atoms with Crippen LogP contribution in [0.1, 0.15) is 24.6 Å². The van der Waals surface area contributed by atoms with E-state index in [1.807, 2.05) is 36.4 Å². The highest BCUT2D eigenvalue weighted by Crippen LogP contribution is 2.24. The van der Waals surface area contributed by atoms with Crippen molar-refractivity contribution in [2.45, 2.75) is 18.9 Å². The molecule has 108 valence electrons. The second-order valence-electron chi connectivity index (χ2n) is 4.96. The van der Waals surface area contributed by atoms with Crippen molar-refractivity contribution in [3.63, 3.8) is 0 Å². The fraction of sp³-hybridized carbons (Fsp3) is 0.250. The highest BCUT2D eigenvalue weighted by Gasteiger charge is 2.22. The monoisotopic (exact) mass is 301 g/mol. The Morgan fingerprint density at radius 2 is 2.00 bits per heavy atom. The summed E-state index contributed by atoms with van der Waals surface area (Å²) >= 11 is 5.83. The van der Waals surface area contributed by atoms with Crippen LogP contribution < -0.4 is 5.32 Å². The van der Waals surface area contributed by atoms with E-state index in [9.17, 15) is 5.11 Å². The number of aromatic nitrogens is 1. The van der Waals surface area contributed by atoms with Gasteiger partial charge in [-0.25, -0.2) is 4.98 Å². The molecular weight excluding hydrogens is 286 g/mol. The lowest BCUT2D eigenvalue weighted by Gasteiger charge is -2.24. The van der Waals surface area contributed by atoms with Crippen molar-refractivity contribution in [2.75, 3.05) is 11.9 Å². The quantitative estimate of drug-likeness (QED) is 0.889. The van der Waals surface area contributed by atoms with Gasteiger partial charge in [0.2, 0.25) is 0 Å². The lowest BCUT2D eigenvalue weighted by atomic mass is 9.93. The number of pyridine rings is 1. The molecule has 21 heavy (non-hydrogen) atoms. The predicted octanol–water partition coefficient (Wildman–Crippen LogP) is 3.32. The van der Waals surface area contributed by atoms with Crippen LogP contribution in [0.15, 0.2) is 42.5 Å². The Morgan fingerprint density at radius 3 is 2.67 bits per heavy atom. The predicted molar refractivity (Wildman–Crippen MR) is 83.1 cm³/mol. The molecule has 1 aromatic heterocycles. The van der Waals surface area contributed by atoms with Gasteiger partial charge >= 0.3 is 0 Å². The maximum absolute atomic E-state index is 10.5.